The molecule has 0 aromatic rings. The number of hydrogen-bond acceptors (Lipinski definition) is 3. The SMILES string of the molecule is CCOP(=O)(F)C(=O)O. The lowest BCUT2D eigenvalue weighted by atomic mass is 10.9. The molecule has 0 aliphatic heterocycles. The zero-order valence-corrected chi connectivity index (χ0v) is 5.60. The fraction of sp³-hybridized carbons (Fsp3) is 0.667. The second-order valence-corrected chi connectivity index (χ2v) is 2.78. The van der Waals surface area contributed by atoms with Gasteiger partial charge in [0.05, 0.1) is 6.61 Å². The molecule has 0 heterocycles. The van der Waals surface area contributed by atoms with Gasteiger partial charge in [0.15, 0.2) is 0 Å². The fourth-order valence-electron chi connectivity index (χ4n) is 0.221. The van der Waals surface area contributed by atoms with Crippen molar-refractivity contribution >= 4 is 13.4 Å². The van der Waals surface area contributed by atoms with Crippen LogP contribution in [0.15, 0.2) is 0 Å². The van der Waals surface area contributed by atoms with Crippen molar-refractivity contribution in [1.82, 2.24) is 0 Å². The molecule has 0 aliphatic rings. The molecule has 6 heteroatoms. The molecule has 0 spiro atoms. The zero-order chi connectivity index (χ0) is 7.49. The highest BCUT2D eigenvalue weighted by Crippen LogP contribution is 2.48. The molecule has 0 amide bonds. The molecule has 54 valence electrons. The second-order valence-electron chi connectivity index (χ2n) is 1.18. The Bertz CT molecular complexity index is 156. The van der Waals surface area contributed by atoms with E-state index >= 15 is 0 Å². The van der Waals surface area contributed by atoms with E-state index < -0.39 is 13.4 Å². The Morgan fingerprint density at radius 2 is 2.33 bits per heavy atom. The minimum Gasteiger partial charge on any atom is -0.472 e. The average molecular weight is 156 g/mol. The van der Waals surface area contributed by atoms with Gasteiger partial charge in [0.1, 0.15) is 0 Å². The Balaban J connectivity index is 4.04. The van der Waals surface area contributed by atoms with Crippen LogP contribution in [-0.2, 0) is 9.09 Å². The van der Waals surface area contributed by atoms with Gasteiger partial charge in [-0.3, -0.25) is 4.52 Å². The molecular weight excluding hydrogens is 150 g/mol. The largest absolute Gasteiger partial charge is 0.474 e. The Morgan fingerprint density at radius 1 is 1.89 bits per heavy atom. The molecule has 0 radical (unpaired) electrons. The smallest absolute Gasteiger partial charge is 0.472 e. The lowest BCUT2D eigenvalue weighted by Crippen LogP contribution is -1.94. The first-order valence-corrected chi connectivity index (χ1v) is 3.70. The summed E-state index contributed by atoms with van der Waals surface area (Å²) >= 11 is 0. The summed E-state index contributed by atoms with van der Waals surface area (Å²) in [4.78, 5) is 9.65. The number of rotatable bonds is 3. The summed E-state index contributed by atoms with van der Waals surface area (Å²) in [6, 6.07) is 0. The van der Waals surface area contributed by atoms with Crippen LogP contribution >= 0.6 is 7.68 Å². The Morgan fingerprint density at radius 3 is 2.44 bits per heavy atom. The van der Waals surface area contributed by atoms with Crippen molar-refractivity contribution in [3.8, 4) is 0 Å². The van der Waals surface area contributed by atoms with Gasteiger partial charge in [-0.1, -0.05) is 0 Å². The maximum atomic E-state index is 11.9. The summed E-state index contributed by atoms with van der Waals surface area (Å²) in [5.74, 6) is 0. The van der Waals surface area contributed by atoms with Crippen molar-refractivity contribution in [1.29, 1.82) is 0 Å². The Hall–Kier alpha value is -0.410. The van der Waals surface area contributed by atoms with Crippen LogP contribution in [0.2, 0.25) is 0 Å². The average Bonchev–Trinajstić information content (AvgIpc) is 1.65. The Kier molecular flexibility index (Phi) is 2.81. The quantitative estimate of drug-likeness (QED) is 0.633. The molecule has 0 bridgehead atoms. The molecule has 9 heavy (non-hydrogen) atoms. The summed E-state index contributed by atoms with van der Waals surface area (Å²) in [6.45, 7) is 1.15. The first-order valence-electron chi connectivity index (χ1n) is 2.18. The summed E-state index contributed by atoms with van der Waals surface area (Å²) < 4.78 is 25.8. The molecule has 0 fully saturated rings. The second kappa shape index (κ2) is 2.94. The normalized spacial score (nSPS) is 16.7. The predicted octanol–water partition coefficient (Wildman–Crippen LogP) is 1.86. The van der Waals surface area contributed by atoms with E-state index in [-0.39, 0.29) is 6.61 Å². The van der Waals surface area contributed by atoms with Gasteiger partial charge in [-0.25, -0.2) is 9.36 Å². The van der Waals surface area contributed by atoms with Crippen molar-refractivity contribution in [3.63, 3.8) is 0 Å². The number of carboxylic acid groups (broad SMARTS) is 1. The van der Waals surface area contributed by atoms with E-state index in [0.717, 1.165) is 0 Å². The van der Waals surface area contributed by atoms with E-state index in [2.05, 4.69) is 4.52 Å². The van der Waals surface area contributed by atoms with Gasteiger partial charge in [-0.05, 0) is 6.92 Å². The molecule has 0 aliphatic carbocycles. The van der Waals surface area contributed by atoms with Crippen LogP contribution < -0.4 is 0 Å². The highest BCUT2D eigenvalue weighted by Gasteiger charge is 2.31. The monoisotopic (exact) mass is 156 g/mol. The number of hydrogen-bond donors (Lipinski definition) is 1. The summed E-state index contributed by atoms with van der Waals surface area (Å²) in [6.07, 6.45) is 0. The van der Waals surface area contributed by atoms with Crippen molar-refractivity contribution in [2.45, 2.75) is 6.92 Å². The van der Waals surface area contributed by atoms with Crippen LogP contribution in [-0.4, -0.2) is 17.4 Å². The van der Waals surface area contributed by atoms with Gasteiger partial charge >= 0.3 is 13.4 Å². The highest BCUT2D eigenvalue weighted by molar-refractivity contribution is 7.70. The fourth-order valence-corrected chi connectivity index (χ4v) is 0.664. The number of carbonyl (C=O) groups is 1. The third-order valence-corrected chi connectivity index (χ3v) is 1.57. The van der Waals surface area contributed by atoms with Crippen LogP contribution in [0.1, 0.15) is 6.92 Å². The Labute approximate surface area is 51.2 Å². The molecule has 0 saturated heterocycles. The maximum Gasteiger partial charge on any atom is 0.474 e. The van der Waals surface area contributed by atoms with Crippen LogP contribution in [0.5, 0.6) is 0 Å². The lowest BCUT2D eigenvalue weighted by molar-refractivity contribution is 0.205. The topological polar surface area (TPSA) is 63.6 Å². The predicted molar refractivity (Wildman–Crippen MR) is 28.4 cm³/mol. The molecule has 0 rings (SSSR count). The van der Waals surface area contributed by atoms with Gasteiger partial charge in [0.25, 0.3) is 0 Å². The first-order chi connectivity index (χ1) is 4.00. The van der Waals surface area contributed by atoms with Gasteiger partial charge in [0, 0.05) is 0 Å². The lowest BCUT2D eigenvalue weighted by Gasteiger charge is -1.99. The van der Waals surface area contributed by atoms with E-state index in [1.54, 1.807) is 0 Å². The zero-order valence-electron chi connectivity index (χ0n) is 4.70. The molecule has 1 unspecified atom stereocenters. The minimum atomic E-state index is -4.85. The summed E-state index contributed by atoms with van der Waals surface area (Å²) in [7, 11) is -4.85. The van der Waals surface area contributed by atoms with E-state index in [1.807, 2.05) is 0 Å². The van der Waals surface area contributed by atoms with Crippen LogP contribution in [0, 0.1) is 0 Å². The van der Waals surface area contributed by atoms with Crippen molar-refractivity contribution in [2.75, 3.05) is 6.61 Å². The highest BCUT2D eigenvalue weighted by atomic mass is 31.2. The standard InChI is InChI=1S/C3H6FO4P/c1-2-8-9(4,7)3(5)6/h2H2,1H3,(H,5,6). The van der Waals surface area contributed by atoms with Crippen molar-refractivity contribution < 1.29 is 23.2 Å². The molecule has 0 aromatic heterocycles. The molecule has 0 saturated carbocycles. The molecule has 1 atom stereocenters. The summed E-state index contributed by atoms with van der Waals surface area (Å²) in [5, 5.41) is 7.81. The first kappa shape index (κ1) is 8.59. The van der Waals surface area contributed by atoms with Crippen LogP contribution in [0.3, 0.4) is 0 Å². The van der Waals surface area contributed by atoms with E-state index in [1.165, 1.54) is 6.92 Å². The third-order valence-electron chi connectivity index (χ3n) is 0.524. The van der Waals surface area contributed by atoms with Crippen molar-refractivity contribution in [3.05, 3.63) is 0 Å². The number of halogens is 1. The van der Waals surface area contributed by atoms with Gasteiger partial charge in [0.2, 0.25) is 0 Å². The van der Waals surface area contributed by atoms with Gasteiger partial charge < -0.3 is 5.11 Å². The molecule has 1 N–H and O–H groups in total. The van der Waals surface area contributed by atoms with Gasteiger partial charge in [-0.2, -0.15) is 0 Å². The minimum absolute atomic E-state index is 0.208. The van der Waals surface area contributed by atoms with E-state index in [0.29, 0.717) is 0 Å². The maximum absolute atomic E-state index is 11.9. The van der Waals surface area contributed by atoms with Gasteiger partial charge in [-0.15, -0.1) is 4.20 Å². The molecular formula is C3H6FO4P. The van der Waals surface area contributed by atoms with Crippen LogP contribution in [0.25, 0.3) is 0 Å². The van der Waals surface area contributed by atoms with E-state index in [9.17, 15) is 13.6 Å². The summed E-state index contributed by atoms with van der Waals surface area (Å²) in [5.41, 5.74) is -2.04. The van der Waals surface area contributed by atoms with E-state index in [4.69, 9.17) is 5.11 Å². The molecule has 4 nitrogen and oxygen atoms in total. The third kappa shape index (κ3) is 2.58. The van der Waals surface area contributed by atoms with Crippen LogP contribution in [0.4, 0.5) is 8.99 Å². The molecule has 0 aromatic carbocycles. The van der Waals surface area contributed by atoms with Crippen molar-refractivity contribution in [2.24, 2.45) is 0 Å².